The van der Waals surface area contributed by atoms with Gasteiger partial charge in [0.25, 0.3) is 0 Å². The zero-order chi connectivity index (χ0) is 17.2. The summed E-state index contributed by atoms with van der Waals surface area (Å²) < 4.78 is 5.35. The molecule has 4 rings (SSSR count). The predicted molar refractivity (Wildman–Crippen MR) is 91.7 cm³/mol. The molecule has 25 heavy (non-hydrogen) atoms. The first kappa shape index (κ1) is 15.5. The summed E-state index contributed by atoms with van der Waals surface area (Å²) in [5.41, 5.74) is 2.90. The number of nitrogens with zero attached hydrogens (tertiary/aromatic N) is 4. The molecule has 2 aromatic heterocycles. The lowest BCUT2D eigenvalue weighted by Gasteiger charge is -2.37. The van der Waals surface area contributed by atoms with Gasteiger partial charge in [-0.1, -0.05) is 41.1 Å². The summed E-state index contributed by atoms with van der Waals surface area (Å²) in [6.45, 7) is 3.27. The first-order valence-corrected chi connectivity index (χ1v) is 8.27. The van der Waals surface area contributed by atoms with E-state index < -0.39 is 0 Å². The van der Waals surface area contributed by atoms with Gasteiger partial charge in [0.1, 0.15) is 5.69 Å². The Morgan fingerprint density at radius 2 is 2.12 bits per heavy atom. The molecule has 0 bridgehead atoms. The third-order valence-corrected chi connectivity index (χ3v) is 4.36. The van der Waals surface area contributed by atoms with Gasteiger partial charge in [0.2, 0.25) is 17.6 Å². The Hall–Kier alpha value is -3.02. The summed E-state index contributed by atoms with van der Waals surface area (Å²) in [5.74, 6) is 1.29. The van der Waals surface area contributed by atoms with E-state index in [2.05, 4.69) is 15.1 Å². The van der Waals surface area contributed by atoms with Crippen LogP contribution in [0.1, 0.15) is 22.9 Å². The van der Waals surface area contributed by atoms with Crippen molar-refractivity contribution < 1.29 is 9.32 Å². The molecule has 1 aromatic carbocycles. The van der Waals surface area contributed by atoms with Gasteiger partial charge in [-0.05, 0) is 24.6 Å². The van der Waals surface area contributed by atoms with Crippen LogP contribution in [0, 0.1) is 6.92 Å². The Morgan fingerprint density at radius 1 is 1.24 bits per heavy atom. The van der Waals surface area contributed by atoms with Crippen molar-refractivity contribution in [1.29, 1.82) is 0 Å². The number of benzene rings is 1. The van der Waals surface area contributed by atoms with E-state index in [0.29, 0.717) is 36.9 Å². The molecule has 0 saturated carbocycles. The fraction of sp³-hybridized carbons (Fsp3) is 0.263. The summed E-state index contributed by atoms with van der Waals surface area (Å²) in [6.07, 6.45) is 2.12. The molecule has 1 aliphatic rings. The molecule has 6 heteroatoms. The zero-order valence-electron chi connectivity index (χ0n) is 13.9. The van der Waals surface area contributed by atoms with Crippen LogP contribution in [-0.4, -0.2) is 39.0 Å². The molecule has 0 atom stereocenters. The monoisotopic (exact) mass is 334 g/mol. The van der Waals surface area contributed by atoms with E-state index in [-0.39, 0.29) is 11.8 Å². The molecule has 0 spiro atoms. The molecule has 3 aromatic rings. The van der Waals surface area contributed by atoms with E-state index in [1.54, 1.807) is 6.20 Å². The van der Waals surface area contributed by atoms with Gasteiger partial charge >= 0.3 is 0 Å². The van der Waals surface area contributed by atoms with Crippen LogP contribution in [0.4, 0.5) is 0 Å². The highest BCUT2D eigenvalue weighted by molar-refractivity contribution is 5.79. The SMILES string of the molecule is Cc1cccc(CC(=O)N2CC(c3nc(-c4ccccn4)no3)C2)c1. The number of amides is 1. The smallest absolute Gasteiger partial charge is 0.233 e. The Bertz CT molecular complexity index is 885. The molecule has 126 valence electrons. The van der Waals surface area contributed by atoms with E-state index in [9.17, 15) is 4.79 Å². The van der Waals surface area contributed by atoms with Crippen LogP contribution in [0.5, 0.6) is 0 Å². The lowest BCUT2D eigenvalue weighted by Crippen LogP contribution is -2.49. The minimum Gasteiger partial charge on any atom is -0.341 e. The van der Waals surface area contributed by atoms with Crippen LogP contribution >= 0.6 is 0 Å². The Kier molecular flexibility index (Phi) is 4.01. The molecule has 0 N–H and O–H groups in total. The lowest BCUT2D eigenvalue weighted by molar-refractivity contribution is -0.135. The minimum absolute atomic E-state index is 0.103. The number of carbonyl (C=O) groups is 1. The summed E-state index contributed by atoms with van der Waals surface area (Å²) in [4.78, 5) is 22.8. The topological polar surface area (TPSA) is 72.1 Å². The molecule has 0 aliphatic carbocycles. The van der Waals surface area contributed by atoms with Crippen molar-refractivity contribution in [3.05, 3.63) is 65.7 Å². The van der Waals surface area contributed by atoms with E-state index in [0.717, 1.165) is 5.56 Å². The molecule has 0 radical (unpaired) electrons. The van der Waals surface area contributed by atoms with Crippen molar-refractivity contribution in [1.82, 2.24) is 20.0 Å². The maximum absolute atomic E-state index is 12.4. The molecule has 3 heterocycles. The third kappa shape index (κ3) is 3.28. The van der Waals surface area contributed by atoms with Gasteiger partial charge < -0.3 is 9.42 Å². The number of pyridine rings is 1. The van der Waals surface area contributed by atoms with Gasteiger partial charge in [-0.3, -0.25) is 9.78 Å². The molecule has 1 fully saturated rings. The van der Waals surface area contributed by atoms with E-state index >= 15 is 0 Å². The molecule has 6 nitrogen and oxygen atoms in total. The number of aryl methyl sites for hydroxylation is 1. The van der Waals surface area contributed by atoms with Crippen molar-refractivity contribution in [2.24, 2.45) is 0 Å². The van der Waals surface area contributed by atoms with Gasteiger partial charge in [-0.15, -0.1) is 0 Å². The van der Waals surface area contributed by atoms with E-state index in [4.69, 9.17) is 4.52 Å². The number of hydrogen-bond acceptors (Lipinski definition) is 5. The summed E-state index contributed by atoms with van der Waals surface area (Å²) in [7, 11) is 0. The third-order valence-electron chi connectivity index (χ3n) is 4.36. The second kappa shape index (κ2) is 6.47. The number of likely N-dealkylation sites (tertiary alicyclic amines) is 1. The van der Waals surface area contributed by atoms with Crippen molar-refractivity contribution in [2.45, 2.75) is 19.3 Å². The van der Waals surface area contributed by atoms with Crippen LogP contribution < -0.4 is 0 Å². The summed E-state index contributed by atoms with van der Waals surface area (Å²) in [5, 5.41) is 3.98. The van der Waals surface area contributed by atoms with Crippen LogP contribution in [0.15, 0.2) is 53.2 Å². The van der Waals surface area contributed by atoms with Crippen molar-refractivity contribution in [3.63, 3.8) is 0 Å². The molecular weight excluding hydrogens is 316 g/mol. The maximum atomic E-state index is 12.4. The fourth-order valence-electron chi connectivity index (χ4n) is 2.95. The van der Waals surface area contributed by atoms with Gasteiger partial charge in [0.05, 0.1) is 12.3 Å². The average Bonchev–Trinajstić information content (AvgIpc) is 3.04. The highest BCUT2D eigenvalue weighted by Crippen LogP contribution is 2.27. The number of carbonyl (C=O) groups excluding carboxylic acids is 1. The fourth-order valence-corrected chi connectivity index (χ4v) is 2.95. The normalized spacial score (nSPS) is 14.4. The molecule has 1 aliphatic heterocycles. The van der Waals surface area contributed by atoms with Gasteiger partial charge in [-0.25, -0.2) is 0 Å². The summed E-state index contributed by atoms with van der Waals surface area (Å²) in [6, 6.07) is 13.6. The highest BCUT2D eigenvalue weighted by Gasteiger charge is 2.35. The van der Waals surface area contributed by atoms with Crippen molar-refractivity contribution >= 4 is 5.91 Å². The molecular formula is C19H18N4O2. The number of hydrogen-bond donors (Lipinski definition) is 0. The standard InChI is InChI=1S/C19H18N4O2/c1-13-5-4-6-14(9-13)10-17(24)23-11-15(12-23)19-21-18(22-25-19)16-7-2-3-8-20-16/h2-9,15H,10-12H2,1H3. The molecule has 1 saturated heterocycles. The molecule has 1 amide bonds. The number of aromatic nitrogens is 3. The van der Waals surface area contributed by atoms with Crippen LogP contribution in [0.2, 0.25) is 0 Å². The van der Waals surface area contributed by atoms with Crippen LogP contribution in [0.3, 0.4) is 0 Å². The van der Waals surface area contributed by atoms with E-state index in [1.165, 1.54) is 5.56 Å². The quantitative estimate of drug-likeness (QED) is 0.733. The average molecular weight is 334 g/mol. The maximum Gasteiger partial charge on any atom is 0.233 e. The zero-order valence-corrected chi connectivity index (χ0v) is 13.9. The number of rotatable bonds is 4. The van der Waals surface area contributed by atoms with E-state index in [1.807, 2.05) is 54.3 Å². The molecule has 0 unspecified atom stereocenters. The second-order valence-corrected chi connectivity index (χ2v) is 6.33. The lowest BCUT2D eigenvalue weighted by atomic mass is 9.98. The van der Waals surface area contributed by atoms with Gasteiger partial charge in [-0.2, -0.15) is 4.98 Å². The predicted octanol–water partition coefficient (Wildman–Crippen LogP) is 2.61. The first-order valence-electron chi connectivity index (χ1n) is 8.27. The van der Waals surface area contributed by atoms with Gasteiger partial charge in [0, 0.05) is 19.3 Å². The Balaban J connectivity index is 1.36. The van der Waals surface area contributed by atoms with Crippen LogP contribution in [-0.2, 0) is 11.2 Å². The van der Waals surface area contributed by atoms with Gasteiger partial charge in [0.15, 0.2) is 0 Å². The Morgan fingerprint density at radius 3 is 2.88 bits per heavy atom. The van der Waals surface area contributed by atoms with Crippen molar-refractivity contribution in [2.75, 3.05) is 13.1 Å². The minimum atomic E-state index is 0.103. The Labute approximate surface area is 145 Å². The largest absolute Gasteiger partial charge is 0.341 e. The van der Waals surface area contributed by atoms with Crippen molar-refractivity contribution in [3.8, 4) is 11.5 Å². The first-order chi connectivity index (χ1) is 12.2. The highest BCUT2D eigenvalue weighted by atomic mass is 16.5. The second-order valence-electron chi connectivity index (χ2n) is 6.33. The summed E-state index contributed by atoms with van der Waals surface area (Å²) >= 11 is 0. The van der Waals surface area contributed by atoms with Crippen LogP contribution in [0.25, 0.3) is 11.5 Å².